The van der Waals surface area contributed by atoms with Gasteiger partial charge in [0.05, 0.1) is 4.90 Å². The number of nitrogens with zero attached hydrogens (tertiary/aromatic N) is 3. The minimum atomic E-state index is -3.71. The quantitative estimate of drug-likeness (QED) is 0.416. The van der Waals surface area contributed by atoms with E-state index in [0.717, 1.165) is 5.57 Å². The Hall–Kier alpha value is -1.41. The maximum Gasteiger partial charge on any atom is 1.00 e. The summed E-state index contributed by atoms with van der Waals surface area (Å²) in [5.41, 5.74) is 0.736. The van der Waals surface area contributed by atoms with Crippen LogP contribution >= 0.6 is 11.6 Å². The van der Waals surface area contributed by atoms with Gasteiger partial charge in [-0.1, -0.05) is 49.4 Å². The Kier molecular flexibility index (Phi) is 8.08. The summed E-state index contributed by atoms with van der Waals surface area (Å²) < 4.78 is 24.2. The number of allylic oxidation sites excluding steroid dienone is 2. The second-order valence-corrected chi connectivity index (χ2v) is 7.91. The maximum absolute atomic E-state index is 12.7. The van der Waals surface area contributed by atoms with Gasteiger partial charge < -0.3 is 4.90 Å². The Morgan fingerprint density at radius 2 is 1.88 bits per heavy atom. The summed E-state index contributed by atoms with van der Waals surface area (Å²) in [5.74, 6) is -0.531. The van der Waals surface area contributed by atoms with Gasteiger partial charge in [-0.2, -0.15) is 0 Å². The van der Waals surface area contributed by atoms with Crippen molar-refractivity contribution in [3.63, 3.8) is 0 Å². The standard InChI is InChI=1S/C17H15ClN3O2S.Na/c1-2-13-12-21(14(10-19)11-20)9-8-16(13)17(18)24(22,23)15-6-4-3-5-7-15;/h3-9,12,16-17H,2H2,1H3;/q-1;+1. The van der Waals surface area contributed by atoms with Crippen LogP contribution in [0, 0.1) is 34.6 Å². The van der Waals surface area contributed by atoms with Crippen LogP contribution in [-0.4, -0.2) is 18.0 Å². The molecule has 0 bridgehead atoms. The van der Waals surface area contributed by atoms with Crippen molar-refractivity contribution in [1.29, 1.82) is 10.5 Å². The number of sulfone groups is 1. The van der Waals surface area contributed by atoms with Crippen LogP contribution < -0.4 is 29.6 Å². The molecule has 0 saturated carbocycles. The van der Waals surface area contributed by atoms with Crippen LogP contribution in [0.3, 0.4) is 0 Å². The summed E-state index contributed by atoms with van der Waals surface area (Å²) in [6.07, 6.45) is 5.26. The monoisotopic (exact) mass is 383 g/mol. The molecule has 0 N–H and O–H groups in total. The third kappa shape index (κ3) is 4.61. The molecule has 1 aliphatic rings. The third-order valence-electron chi connectivity index (χ3n) is 3.72. The fourth-order valence-corrected chi connectivity index (χ4v) is 4.41. The number of alkyl halides is 1. The Labute approximate surface area is 175 Å². The smallest absolute Gasteiger partial charge is 0.461 e. The van der Waals surface area contributed by atoms with E-state index in [1.54, 1.807) is 42.6 Å². The van der Waals surface area contributed by atoms with E-state index >= 15 is 0 Å². The molecule has 2 rings (SSSR count). The molecule has 1 aliphatic heterocycles. The van der Waals surface area contributed by atoms with Crippen molar-refractivity contribution < 1.29 is 38.0 Å². The van der Waals surface area contributed by atoms with Crippen LogP contribution in [0.1, 0.15) is 13.3 Å². The van der Waals surface area contributed by atoms with Crippen LogP contribution in [0.4, 0.5) is 0 Å². The topological polar surface area (TPSA) is 85.0 Å². The van der Waals surface area contributed by atoms with Crippen LogP contribution in [0.15, 0.2) is 59.3 Å². The van der Waals surface area contributed by atoms with Crippen molar-refractivity contribution in [2.45, 2.75) is 22.9 Å². The summed E-state index contributed by atoms with van der Waals surface area (Å²) in [4.78, 5) is 1.55. The van der Waals surface area contributed by atoms with Crippen molar-refractivity contribution in [2.75, 3.05) is 0 Å². The zero-order chi connectivity index (χ0) is 17.7. The van der Waals surface area contributed by atoms with Crippen LogP contribution in [0.25, 0.3) is 0 Å². The third-order valence-corrected chi connectivity index (χ3v) is 6.51. The predicted octanol–water partition coefficient (Wildman–Crippen LogP) is 0.348. The average molecular weight is 384 g/mol. The molecular weight excluding hydrogens is 369 g/mol. The van der Waals surface area contributed by atoms with E-state index in [0.29, 0.717) is 6.42 Å². The van der Waals surface area contributed by atoms with Gasteiger partial charge in [0.2, 0.25) is 0 Å². The largest absolute Gasteiger partial charge is 1.00 e. The molecule has 0 fully saturated rings. The summed E-state index contributed by atoms with van der Waals surface area (Å²) in [6.45, 7) is 1.87. The minimum absolute atomic E-state index is 0. The number of halogens is 1. The number of nitriles is 2. The van der Waals surface area contributed by atoms with Gasteiger partial charge in [-0.15, -0.1) is 11.6 Å². The van der Waals surface area contributed by atoms with Gasteiger partial charge in [0.1, 0.15) is 4.71 Å². The number of hydrogen-bond donors (Lipinski definition) is 0. The fraction of sp³-hybridized carbons (Fsp3) is 0.235. The van der Waals surface area contributed by atoms with Crippen molar-refractivity contribution in [2.24, 2.45) is 5.92 Å². The molecule has 0 amide bonds. The van der Waals surface area contributed by atoms with E-state index in [1.807, 2.05) is 6.92 Å². The first kappa shape index (κ1) is 21.6. The second-order valence-electron chi connectivity index (χ2n) is 5.11. The van der Waals surface area contributed by atoms with Crippen molar-refractivity contribution >= 4 is 21.4 Å². The van der Waals surface area contributed by atoms with E-state index in [1.165, 1.54) is 23.2 Å². The first-order chi connectivity index (χ1) is 11.5. The fourth-order valence-electron chi connectivity index (χ4n) is 2.41. The number of hydrogen-bond acceptors (Lipinski definition) is 5. The van der Waals surface area contributed by atoms with Crippen LogP contribution in [-0.2, 0) is 9.84 Å². The van der Waals surface area contributed by atoms with Gasteiger partial charge in [-0.05, 0) is 36.5 Å². The van der Waals surface area contributed by atoms with E-state index in [2.05, 4.69) is 0 Å². The molecule has 5 nitrogen and oxygen atoms in total. The van der Waals surface area contributed by atoms with Crippen molar-refractivity contribution in [1.82, 2.24) is 4.90 Å². The van der Waals surface area contributed by atoms with Gasteiger partial charge in [0.15, 0.2) is 9.84 Å². The molecule has 1 aromatic carbocycles. The summed E-state index contributed by atoms with van der Waals surface area (Å²) in [5, 5.41) is 17.9. The molecule has 2 unspecified atom stereocenters. The first-order valence-electron chi connectivity index (χ1n) is 7.23. The number of benzene rings is 1. The average Bonchev–Trinajstić information content (AvgIpc) is 2.62. The maximum atomic E-state index is 12.7. The molecule has 1 heterocycles. The van der Waals surface area contributed by atoms with Crippen molar-refractivity contribution in [3.8, 4) is 12.1 Å². The summed E-state index contributed by atoms with van der Waals surface area (Å²) in [6, 6.07) is 11.6. The molecule has 0 saturated heterocycles. The Bertz CT molecular complexity index is 827. The SMILES string of the molecule is CCC1=CN([C-](C#N)C#N)C=CC1C(Cl)S(=O)(=O)c1ccccc1.[Na+]. The molecule has 124 valence electrons. The van der Waals surface area contributed by atoms with Crippen molar-refractivity contribution in [3.05, 3.63) is 60.4 Å². The van der Waals surface area contributed by atoms with Gasteiger partial charge in [-0.3, -0.25) is 0 Å². The van der Waals surface area contributed by atoms with E-state index in [9.17, 15) is 8.42 Å². The normalized spacial score (nSPS) is 17.5. The molecule has 0 aliphatic carbocycles. The molecule has 25 heavy (non-hydrogen) atoms. The van der Waals surface area contributed by atoms with E-state index < -0.39 is 20.5 Å². The zero-order valence-electron chi connectivity index (χ0n) is 13.9. The molecular formula is C17H15ClN3NaO2S. The Morgan fingerprint density at radius 3 is 2.40 bits per heavy atom. The number of rotatable bonds is 5. The predicted molar refractivity (Wildman–Crippen MR) is 90.6 cm³/mol. The summed E-state index contributed by atoms with van der Waals surface area (Å²) >= 11 is 6.32. The molecule has 2 atom stereocenters. The van der Waals surface area contributed by atoms with Gasteiger partial charge >= 0.3 is 29.6 Å². The second kappa shape index (κ2) is 9.33. The van der Waals surface area contributed by atoms with Gasteiger partial charge in [0, 0.05) is 5.92 Å². The molecule has 1 aromatic rings. The molecule has 0 radical (unpaired) electrons. The van der Waals surface area contributed by atoms with Gasteiger partial charge in [0.25, 0.3) is 0 Å². The minimum Gasteiger partial charge on any atom is -0.461 e. The van der Waals surface area contributed by atoms with Crippen LogP contribution in [0.2, 0.25) is 0 Å². The van der Waals surface area contributed by atoms with Crippen LogP contribution in [0.5, 0.6) is 0 Å². The zero-order valence-corrected chi connectivity index (χ0v) is 17.5. The molecule has 0 spiro atoms. The van der Waals surface area contributed by atoms with E-state index in [-0.39, 0.29) is 40.5 Å². The molecule has 0 aromatic heterocycles. The van der Waals surface area contributed by atoms with Gasteiger partial charge in [-0.25, -0.2) is 18.9 Å². The Morgan fingerprint density at radius 1 is 1.28 bits per heavy atom. The molecule has 8 heteroatoms. The first-order valence-corrected chi connectivity index (χ1v) is 9.21. The summed E-state index contributed by atoms with van der Waals surface area (Å²) in [7, 11) is -3.71. The Balaban J connectivity index is 0.00000312. The van der Waals surface area contributed by atoms with E-state index in [4.69, 9.17) is 22.1 Å².